The van der Waals surface area contributed by atoms with Crippen molar-refractivity contribution in [1.82, 2.24) is 4.90 Å². The van der Waals surface area contributed by atoms with E-state index < -0.39 is 18.0 Å². The van der Waals surface area contributed by atoms with Gasteiger partial charge in [0.1, 0.15) is 5.82 Å². The Bertz CT molecular complexity index is 564. The molecule has 1 aromatic rings. The largest absolute Gasteiger partial charge is 0.478 e. The van der Waals surface area contributed by atoms with Crippen LogP contribution < -0.4 is 0 Å². The van der Waals surface area contributed by atoms with Crippen molar-refractivity contribution in [2.45, 2.75) is 25.9 Å². The molecule has 2 rings (SSSR count). The van der Waals surface area contributed by atoms with E-state index in [2.05, 4.69) is 11.8 Å². The molecule has 1 aliphatic rings. The van der Waals surface area contributed by atoms with Gasteiger partial charge in [-0.3, -0.25) is 0 Å². The number of hydrogen-bond donors (Lipinski definition) is 3. The van der Waals surface area contributed by atoms with E-state index in [1.807, 2.05) is 0 Å². The van der Waals surface area contributed by atoms with Gasteiger partial charge in [-0.2, -0.15) is 0 Å². The Kier molecular flexibility index (Phi) is 8.80. The second-order valence-corrected chi connectivity index (χ2v) is 5.78. The highest BCUT2D eigenvalue weighted by molar-refractivity contribution is 5.89. The summed E-state index contributed by atoms with van der Waals surface area (Å²) in [6, 6.07) is 6.21. The van der Waals surface area contributed by atoms with Gasteiger partial charge < -0.3 is 20.2 Å². The highest BCUT2D eigenvalue weighted by Crippen LogP contribution is 2.30. The number of benzene rings is 1. The first-order chi connectivity index (χ1) is 11.8. The molecule has 1 saturated heterocycles. The predicted molar refractivity (Wildman–Crippen MR) is 90.6 cm³/mol. The van der Waals surface area contributed by atoms with Crippen LogP contribution in [0.1, 0.15) is 31.4 Å². The van der Waals surface area contributed by atoms with Crippen molar-refractivity contribution in [3.63, 3.8) is 0 Å². The number of aliphatic carboxylic acids is 2. The predicted octanol–water partition coefficient (Wildman–Crippen LogP) is 2.30. The first-order valence-corrected chi connectivity index (χ1v) is 8.13. The standard InChI is InChI=1S/C14H20FNO.C4H4O4/c1-2-16-9-7-12(8-10-16)14(17)11-3-5-13(15)6-4-11;5-3(6)1-2-4(7)8/h3-6,12,14,17H,2,7-10H2,1H3;1-2H,(H,5,6)(H,7,8)/b;2-1-. The molecule has 7 heteroatoms. The Morgan fingerprint density at radius 3 is 2.04 bits per heavy atom. The van der Waals surface area contributed by atoms with Crippen molar-refractivity contribution in [3.8, 4) is 0 Å². The van der Waals surface area contributed by atoms with Crippen molar-refractivity contribution in [2.24, 2.45) is 5.92 Å². The molecule has 1 unspecified atom stereocenters. The topological polar surface area (TPSA) is 98.1 Å². The van der Waals surface area contributed by atoms with Gasteiger partial charge in [-0.15, -0.1) is 0 Å². The summed E-state index contributed by atoms with van der Waals surface area (Å²) in [5.74, 6) is -2.45. The molecule has 0 bridgehead atoms. The monoisotopic (exact) mass is 353 g/mol. The summed E-state index contributed by atoms with van der Waals surface area (Å²) in [5, 5.41) is 25.9. The maximum absolute atomic E-state index is 12.8. The minimum atomic E-state index is -1.26. The summed E-state index contributed by atoms with van der Waals surface area (Å²) in [6.07, 6.45) is 2.71. The molecule has 25 heavy (non-hydrogen) atoms. The van der Waals surface area contributed by atoms with Gasteiger partial charge in [0.15, 0.2) is 0 Å². The lowest BCUT2D eigenvalue weighted by Crippen LogP contribution is -2.35. The number of aliphatic hydroxyl groups is 1. The molecule has 1 aliphatic heterocycles. The highest BCUT2D eigenvalue weighted by Gasteiger charge is 2.25. The van der Waals surface area contributed by atoms with Crippen molar-refractivity contribution in [3.05, 3.63) is 47.8 Å². The molecule has 0 spiro atoms. The molecule has 3 N–H and O–H groups in total. The van der Waals surface area contributed by atoms with Crippen molar-refractivity contribution in [1.29, 1.82) is 0 Å². The van der Waals surface area contributed by atoms with Crippen LogP contribution in [-0.4, -0.2) is 51.8 Å². The van der Waals surface area contributed by atoms with Gasteiger partial charge in [0.25, 0.3) is 0 Å². The quantitative estimate of drug-likeness (QED) is 0.703. The fourth-order valence-corrected chi connectivity index (χ4v) is 2.66. The van der Waals surface area contributed by atoms with Crippen LogP contribution in [-0.2, 0) is 9.59 Å². The molecule has 0 amide bonds. The van der Waals surface area contributed by atoms with Crippen molar-refractivity contribution in [2.75, 3.05) is 19.6 Å². The molecule has 1 heterocycles. The second-order valence-electron chi connectivity index (χ2n) is 5.78. The van der Waals surface area contributed by atoms with Gasteiger partial charge in [0.05, 0.1) is 6.10 Å². The molecule has 138 valence electrons. The Balaban J connectivity index is 0.000000333. The SMILES string of the molecule is CCN1CCC(C(O)c2ccc(F)cc2)CC1.O=C(O)/C=C\C(=O)O. The Morgan fingerprint density at radius 1 is 1.16 bits per heavy atom. The van der Waals surface area contributed by atoms with E-state index in [0.29, 0.717) is 18.1 Å². The van der Waals surface area contributed by atoms with Crippen LogP contribution in [0.25, 0.3) is 0 Å². The van der Waals surface area contributed by atoms with Crippen LogP contribution in [0.15, 0.2) is 36.4 Å². The van der Waals surface area contributed by atoms with Gasteiger partial charge in [-0.25, -0.2) is 14.0 Å². The normalized spacial score (nSPS) is 16.9. The van der Waals surface area contributed by atoms with Crippen LogP contribution in [0.4, 0.5) is 4.39 Å². The molecule has 0 aliphatic carbocycles. The van der Waals surface area contributed by atoms with Crippen LogP contribution in [0, 0.1) is 11.7 Å². The van der Waals surface area contributed by atoms with Crippen molar-refractivity contribution < 1.29 is 29.3 Å². The number of halogens is 1. The average molecular weight is 353 g/mol. The van der Waals surface area contributed by atoms with Gasteiger partial charge >= 0.3 is 11.9 Å². The molecule has 1 atom stereocenters. The molecule has 1 aromatic carbocycles. The van der Waals surface area contributed by atoms with E-state index in [0.717, 1.165) is 38.0 Å². The molecule has 6 nitrogen and oxygen atoms in total. The van der Waals surface area contributed by atoms with Gasteiger partial charge in [-0.05, 0) is 56.1 Å². The number of carboxylic acids is 2. The van der Waals surface area contributed by atoms with Gasteiger partial charge in [0.2, 0.25) is 0 Å². The first-order valence-electron chi connectivity index (χ1n) is 8.13. The van der Waals surface area contributed by atoms with E-state index >= 15 is 0 Å². The molecule has 0 aromatic heterocycles. The average Bonchev–Trinajstić information content (AvgIpc) is 2.60. The zero-order chi connectivity index (χ0) is 18.8. The van der Waals surface area contributed by atoms with Crippen LogP contribution in [0.3, 0.4) is 0 Å². The van der Waals surface area contributed by atoms with E-state index in [4.69, 9.17) is 10.2 Å². The molecule has 0 saturated carbocycles. The number of nitrogens with zero attached hydrogens (tertiary/aromatic N) is 1. The van der Waals surface area contributed by atoms with Gasteiger partial charge in [0, 0.05) is 12.2 Å². The number of carbonyl (C=O) groups is 2. The number of likely N-dealkylation sites (tertiary alicyclic amines) is 1. The lowest BCUT2D eigenvalue weighted by Gasteiger charge is -2.33. The number of carboxylic acid groups (broad SMARTS) is 2. The summed E-state index contributed by atoms with van der Waals surface area (Å²) < 4.78 is 12.8. The van der Waals surface area contributed by atoms with E-state index in [1.165, 1.54) is 12.1 Å². The van der Waals surface area contributed by atoms with Gasteiger partial charge in [-0.1, -0.05) is 19.1 Å². The van der Waals surface area contributed by atoms with Crippen LogP contribution in [0.2, 0.25) is 0 Å². The smallest absolute Gasteiger partial charge is 0.328 e. The van der Waals surface area contributed by atoms with Crippen molar-refractivity contribution >= 4 is 11.9 Å². The maximum atomic E-state index is 12.8. The summed E-state index contributed by atoms with van der Waals surface area (Å²) in [5.41, 5.74) is 0.835. The van der Waals surface area contributed by atoms with Crippen LogP contribution in [0.5, 0.6) is 0 Å². The van der Waals surface area contributed by atoms with E-state index in [1.54, 1.807) is 12.1 Å². The summed E-state index contributed by atoms with van der Waals surface area (Å²) in [7, 11) is 0. The number of piperidine rings is 1. The maximum Gasteiger partial charge on any atom is 0.328 e. The zero-order valence-corrected chi connectivity index (χ0v) is 14.1. The Hall–Kier alpha value is -2.25. The lowest BCUT2D eigenvalue weighted by atomic mass is 9.87. The van der Waals surface area contributed by atoms with Crippen LogP contribution >= 0.6 is 0 Å². The number of hydrogen-bond acceptors (Lipinski definition) is 4. The summed E-state index contributed by atoms with van der Waals surface area (Å²) in [4.78, 5) is 21.5. The molecular formula is C18H24FNO5. The lowest BCUT2D eigenvalue weighted by molar-refractivity contribution is -0.134. The Labute approximate surface area is 146 Å². The third kappa shape index (κ3) is 7.91. The molecule has 0 radical (unpaired) electrons. The minimum Gasteiger partial charge on any atom is -0.478 e. The number of rotatable bonds is 5. The third-order valence-electron chi connectivity index (χ3n) is 4.11. The summed E-state index contributed by atoms with van der Waals surface area (Å²) in [6.45, 7) is 5.36. The Morgan fingerprint density at radius 2 is 1.64 bits per heavy atom. The first kappa shape index (κ1) is 20.8. The molecule has 1 fully saturated rings. The van der Waals surface area contributed by atoms with E-state index in [9.17, 15) is 19.1 Å². The minimum absolute atomic E-state index is 0.248. The summed E-state index contributed by atoms with van der Waals surface area (Å²) >= 11 is 0. The number of aliphatic hydroxyl groups excluding tert-OH is 1. The third-order valence-corrected chi connectivity index (χ3v) is 4.11. The molecular weight excluding hydrogens is 329 g/mol. The van der Waals surface area contributed by atoms with E-state index in [-0.39, 0.29) is 5.82 Å². The fraction of sp³-hybridized carbons (Fsp3) is 0.444. The highest BCUT2D eigenvalue weighted by atomic mass is 19.1. The fourth-order valence-electron chi connectivity index (χ4n) is 2.66. The second kappa shape index (κ2) is 10.6. The zero-order valence-electron chi connectivity index (χ0n) is 14.1.